The van der Waals surface area contributed by atoms with Gasteiger partial charge in [-0.15, -0.1) is 0 Å². The van der Waals surface area contributed by atoms with Crippen LogP contribution in [0.5, 0.6) is 0 Å². The molecule has 0 amide bonds. The molecule has 0 aliphatic heterocycles. The molecule has 0 atom stereocenters. The zero-order valence-corrected chi connectivity index (χ0v) is 13.5. The lowest BCUT2D eigenvalue weighted by Crippen LogP contribution is -2.37. The molecule has 1 nitrogen and oxygen atoms in total. The molecule has 0 saturated heterocycles. The molecule has 2 aliphatic carbocycles. The summed E-state index contributed by atoms with van der Waals surface area (Å²) < 4.78 is 0. The molecule has 0 bridgehead atoms. The number of nitrogens with one attached hydrogen (secondary N) is 1. The van der Waals surface area contributed by atoms with Crippen molar-refractivity contribution >= 4 is 0 Å². The number of hydrogen-bond donors (Lipinski definition) is 1. The van der Waals surface area contributed by atoms with Crippen molar-refractivity contribution in [3.63, 3.8) is 0 Å². The summed E-state index contributed by atoms with van der Waals surface area (Å²) in [6.45, 7) is 8.51. The van der Waals surface area contributed by atoms with Gasteiger partial charge in [-0.3, -0.25) is 0 Å². The molecule has 0 aromatic heterocycles. The van der Waals surface area contributed by atoms with Crippen molar-refractivity contribution < 1.29 is 0 Å². The first-order valence-electron chi connectivity index (χ1n) is 8.79. The molecule has 0 heterocycles. The normalized spacial score (nSPS) is 30.5. The van der Waals surface area contributed by atoms with E-state index >= 15 is 0 Å². The number of hydrogen-bond acceptors (Lipinski definition) is 1. The SMILES string of the molecule is CC(C)(C)C1CCC(NCCC2CCCCC2)CC1. The molecular weight excluding hydrogens is 230 g/mol. The Morgan fingerprint density at radius 3 is 2.05 bits per heavy atom. The van der Waals surface area contributed by atoms with Crippen LogP contribution in [0.1, 0.15) is 85.0 Å². The third-order valence-electron chi connectivity index (χ3n) is 5.66. The first-order chi connectivity index (χ1) is 9.05. The van der Waals surface area contributed by atoms with Crippen LogP contribution in [0.25, 0.3) is 0 Å². The lowest BCUT2D eigenvalue weighted by atomic mass is 9.71. The first kappa shape index (κ1) is 15.4. The van der Waals surface area contributed by atoms with Crippen LogP contribution in [-0.4, -0.2) is 12.6 Å². The average molecular weight is 265 g/mol. The summed E-state index contributed by atoms with van der Waals surface area (Å²) in [6.07, 6.45) is 14.6. The summed E-state index contributed by atoms with van der Waals surface area (Å²) in [7, 11) is 0. The summed E-state index contributed by atoms with van der Waals surface area (Å²) in [4.78, 5) is 0. The maximum atomic E-state index is 3.84. The van der Waals surface area contributed by atoms with Crippen molar-refractivity contribution in [2.45, 2.75) is 91.0 Å². The Balaban J connectivity index is 1.58. The molecule has 2 fully saturated rings. The van der Waals surface area contributed by atoms with Crippen LogP contribution in [-0.2, 0) is 0 Å². The van der Waals surface area contributed by atoms with Crippen LogP contribution in [0, 0.1) is 17.3 Å². The molecule has 19 heavy (non-hydrogen) atoms. The van der Waals surface area contributed by atoms with Crippen molar-refractivity contribution in [1.82, 2.24) is 5.32 Å². The second kappa shape index (κ2) is 7.11. The molecule has 0 radical (unpaired) electrons. The predicted octanol–water partition coefficient (Wildman–Crippen LogP) is 5.15. The van der Waals surface area contributed by atoms with Gasteiger partial charge in [0.1, 0.15) is 0 Å². The van der Waals surface area contributed by atoms with Crippen molar-refractivity contribution in [2.75, 3.05) is 6.54 Å². The van der Waals surface area contributed by atoms with Crippen molar-refractivity contribution in [3.8, 4) is 0 Å². The average Bonchev–Trinajstić information content (AvgIpc) is 2.39. The fourth-order valence-corrected chi connectivity index (χ4v) is 4.13. The van der Waals surface area contributed by atoms with Crippen LogP contribution in [0.4, 0.5) is 0 Å². The Morgan fingerprint density at radius 1 is 0.842 bits per heavy atom. The highest BCUT2D eigenvalue weighted by Crippen LogP contribution is 2.37. The maximum Gasteiger partial charge on any atom is 0.00672 e. The summed E-state index contributed by atoms with van der Waals surface area (Å²) in [6, 6.07) is 0.821. The van der Waals surface area contributed by atoms with Gasteiger partial charge < -0.3 is 5.32 Å². The lowest BCUT2D eigenvalue weighted by Gasteiger charge is -2.37. The second-order valence-corrected chi connectivity index (χ2v) is 8.16. The van der Waals surface area contributed by atoms with Gasteiger partial charge in [0.2, 0.25) is 0 Å². The van der Waals surface area contributed by atoms with E-state index in [0.717, 1.165) is 17.9 Å². The van der Waals surface area contributed by atoms with Gasteiger partial charge in [-0.2, -0.15) is 0 Å². The largest absolute Gasteiger partial charge is 0.314 e. The minimum absolute atomic E-state index is 0.521. The van der Waals surface area contributed by atoms with E-state index in [-0.39, 0.29) is 0 Å². The van der Waals surface area contributed by atoms with Crippen LogP contribution in [0.3, 0.4) is 0 Å². The van der Waals surface area contributed by atoms with Crippen molar-refractivity contribution in [3.05, 3.63) is 0 Å². The summed E-state index contributed by atoms with van der Waals surface area (Å²) in [5, 5.41) is 3.84. The molecule has 2 rings (SSSR count). The maximum absolute atomic E-state index is 3.84. The van der Waals surface area contributed by atoms with Gasteiger partial charge in [0.15, 0.2) is 0 Å². The molecular formula is C18H35N. The molecule has 1 heteroatoms. The molecule has 112 valence electrons. The van der Waals surface area contributed by atoms with E-state index in [0.29, 0.717) is 5.41 Å². The van der Waals surface area contributed by atoms with Gasteiger partial charge in [-0.1, -0.05) is 52.9 Å². The van der Waals surface area contributed by atoms with E-state index in [1.165, 1.54) is 70.8 Å². The van der Waals surface area contributed by atoms with E-state index < -0.39 is 0 Å². The summed E-state index contributed by atoms with van der Waals surface area (Å²) in [5.74, 6) is 1.98. The van der Waals surface area contributed by atoms with E-state index in [4.69, 9.17) is 0 Å². The molecule has 0 unspecified atom stereocenters. The highest BCUT2D eigenvalue weighted by atomic mass is 14.9. The van der Waals surface area contributed by atoms with Crippen LogP contribution < -0.4 is 5.32 Å². The van der Waals surface area contributed by atoms with Crippen LogP contribution in [0.15, 0.2) is 0 Å². The molecule has 2 aliphatic rings. The van der Waals surface area contributed by atoms with Gasteiger partial charge in [0.05, 0.1) is 0 Å². The Labute approximate surface area is 120 Å². The van der Waals surface area contributed by atoms with Crippen molar-refractivity contribution in [2.24, 2.45) is 17.3 Å². The molecule has 0 spiro atoms. The third kappa shape index (κ3) is 5.10. The van der Waals surface area contributed by atoms with Crippen molar-refractivity contribution in [1.29, 1.82) is 0 Å². The number of rotatable bonds is 4. The second-order valence-electron chi connectivity index (χ2n) is 8.16. The quantitative estimate of drug-likeness (QED) is 0.741. The lowest BCUT2D eigenvalue weighted by molar-refractivity contribution is 0.159. The smallest absolute Gasteiger partial charge is 0.00672 e. The topological polar surface area (TPSA) is 12.0 Å². The van der Waals surface area contributed by atoms with E-state index in [2.05, 4.69) is 26.1 Å². The van der Waals surface area contributed by atoms with Gasteiger partial charge >= 0.3 is 0 Å². The van der Waals surface area contributed by atoms with Gasteiger partial charge in [-0.05, 0) is 55.9 Å². The highest BCUT2D eigenvalue weighted by molar-refractivity contribution is 4.83. The van der Waals surface area contributed by atoms with Crippen LogP contribution >= 0.6 is 0 Å². The zero-order valence-electron chi connectivity index (χ0n) is 13.5. The predicted molar refractivity (Wildman–Crippen MR) is 84.4 cm³/mol. The highest BCUT2D eigenvalue weighted by Gasteiger charge is 2.29. The third-order valence-corrected chi connectivity index (χ3v) is 5.66. The molecule has 0 aromatic rings. The standard InChI is InChI=1S/C18H35N/c1-18(2,3)16-9-11-17(12-10-16)19-14-13-15-7-5-4-6-8-15/h15-17,19H,4-14H2,1-3H3. The van der Waals surface area contributed by atoms with Crippen LogP contribution in [0.2, 0.25) is 0 Å². The van der Waals surface area contributed by atoms with Gasteiger partial charge in [-0.25, -0.2) is 0 Å². The zero-order chi connectivity index (χ0) is 13.7. The summed E-state index contributed by atoms with van der Waals surface area (Å²) in [5.41, 5.74) is 0.521. The van der Waals surface area contributed by atoms with E-state index in [1.54, 1.807) is 0 Å². The fraction of sp³-hybridized carbons (Fsp3) is 1.00. The molecule has 1 N–H and O–H groups in total. The first-order valence-corrected chi connectivity index (χ1v) is 8.79. The summed E-state index contributed by atoms with van der Waals surface area (Å²) >= 11 is 0. The Morgan fingerprint density at radius 2 is 1.47 bits per heavy atom. The minimum atomic E-state index is 0.521. The Hall–Kier alpha value is -0.0400. The van der Waals surface area contributed by atoms with Gasteiger partial charge in [0.25, 0.3) is 0 Å². The Kier molecular flexibility index (Phi) is 5.74. The van der Waals surface area contributed by atoms with Gasteiger partial charge in [0, 0.05) is 6.04 Å². The Bertz CT molecular complexity index is 239. The molecule has 2 saturated carbocycles. The van der Waals surface area contributed by atoms with E-state index in [9.17, 15) is 0 Å². The minimum Gasteiger partial charge on any atom is -0.314 e. The molecule has 0 aromatic carbocycles. The van der Waals surface area contributed by atoms with E-state index in [1.807, 2.05) is 0 Å². The monoisotopic (exact) mass is 265 g/mol. The fourth-order valence-electron chi connectivity index (χ4n) is 4.13.